The van der Waals surface area contributed by atoms with E-state index in [-0.39, 0.29) is 17.3 Å². The highest BCUT2D eigenvalue weighted by Crippen LogP contribution is 2.09. The Morgan fingerprint density at radius 3 is 2.37 bits per heavy atom. The van der Waals surface area contributed by atoms with Crippen LogP contribution in [0.25, 0.3) is 0 Å². The molecule has 1 amide bonds. The van der Waals surface area contributed by atoms with Gasteiger partial charge in [0.05, 0.1) is 4.90 Å². The summed E-state index contributed by atoms with van der Waals surface area (Å²) < 4.78 is 27.1. The molecule has 0 bridgehead atoms. The van der Waals surface area contributed by atoms with Crippen LogP contribution in [0.3, 0.4) is 0 Å². The van der Waals surface area contributed by atoms with E-state index in [4.69, 9.17) is 0 Å². The van der Waals surface area contributed by atoms with Crippen molar-refractivity contribution in [1.29, 1.82) is 0 Å². The van der Waals surface area contributed by atoms with Crippen LogP contribution in [0, 0.1) is 6.92 Å². The number of hydrogen-bond donors (Lipinski definition) is 4. The summed E-state index contributed by atoms with van der Waals surface area (Å²) in [4.78, 5) is 16.1. The summed E-state index contributed by atoms with van der Waals surface area (Å²) in [6.45, 7) is 3.14. The molecule has 162 valence electrons. The number of amides is 1. The van der Waals surface area contributed by atoms with Gasteiger partial charge in [0.1, 0.15) is 0 Å². The molecule has 0 radical (unpaired) electrons. The van der Waals surface area contributed by atoms with E-state index in [1.165, 1.54) is 0 Å². The third-order valence-electron chi connectivity index (χ3n) is 4.39. The quantitative estimate of drug-likeness (QED) is 0.269. The van der Waals surface area contributed by atoms with Crippen LogP contribution in [-0.4, -0.2) is 54.0 Å². The van der Waals surface area contributed by atoms with E-state index in [1.54, 1.807) is 44.4 Å². The lowest BCUT2D eigenvalue weighted by atomic mass is 10.1. The first-order valence-corrected chi connectivity index (χ1v) is 11.2. The number of sulfonamides is 1. The third-order valence-corrected chi connectivity index (χ3v) is 5.86. The molecule has 4 N–H and O–H groups in total. The van der Waals surface area contributed by atoms with Crippen molar-refractivity contribution >= 4 is 21.9 Å². The third kappa shape index (κ3) is 7.16. The van der Waals surface area contributed by atoms with Crippen LogP contribution in [0.5, 0.6) is 0 Å². The summed E-state index contributed by atoms with van der Waals surface area (Å²) in [6.07, 6.45) is 0.714. The van der Waals surface area contributed by atoms with Crippen LogP contribution < -0.4 is 20.7 Å². The molecule has 0 aliphatic carbocycles. The summed E-state index contributed by atoms with van der Waals surface area (Å²) in [5, 5.41) is 8.86. The molecule has 2 aromatic carbocycles. The lowest BCUT2D eigenvalue weighted by Crippen LogP contribution is -2.42. The molecule has 2 aromatic rings. The Labute approximate surface area is 178 Å². The molecule has 30 heavy (non-hydrogen) atoms. The molecule has 0 aliphatic rings. The van der Waals surface area contributed by atoms with E-state index in [0.29, 0.717) is 31.0 Å². The van der Waals surface area contributed by atoms with Crippen molar-refractivity contribution in [3.8, 4) is 0 Å². The minimum Gasteiger partial charge on any atom is -0.356 e. The Morgan fingerprint density at radius 1 is 1.00 bits per heavy atom. The molecular weight excluding hydrogens is 402 g/mol. The SMILES string of the molecule is CN=C(NCCNS(=O)(=O)c1ccc(C)cc1)NCCc1cccc(C(=O)NC)c1. The number of nitrogens with one attached hydrogen (secondary N) is 4. The average Bonchev–Trinajstić information content (AvgIpc) is 2.75. The van der Waals surface area contributed by atoms with Gasteiger partial charge in [0.25, 0.3) is 5.91 Å². The van der Waals surface area contributed by atoms with Crippen molar-refractivity contribution in [2.24, 2.45) is 4.99 Å². The second-order valence-electron chi connectivity index (χ2n) is 6.67. The van der Waals surface area contributed by atoms with Gasteiger partial charge in [0.15, 0.2) is 5.96 Å². The summed E-state index contributed by atoms with van der Waals surface area (Å²) in [5.41, 5.74) is 2.66. The average molecular weight is 432 g/mol. The fraction of sp³-hybridized carbons (Fsp3) is 0.333. The molecule has 2 rings (SSSR count). The summed E-state index contributed by atoms with van der Waals surface area (Å²) >= 11 is 0. The summed E-state index contributed by atoms with van der Waals surface area (Å²) in [6, 6.07) is 14.2. The number of aliphatic imine (C=N–C) groups is 1. The zero-order valence-corrected chi connectivity index (χ0v) is 18.3. The maximum atomic E-state index is 12.3. The first-order valence-electron chi connectivity index (χ1n) is 9.67. The normalized spacial score (nSPS) is 11.8. The van der Waals surface area contributed by atoms with Gasteiger partial charge in [-0.2, -0.15) is 0 Å². The lowest BCUT2D eigenvalue weighted by molar-refractivity contribution is 0.0963. The largest absolute Gasteiger partial charge is 0.356 e. The molecule has 0 spiro atoms. The summed E-state index contributed by atoms with van der Waals surface area (Å²) in [5.74, 6) is 0.461. The first-order chi connectivity index (χ1) is 14.4. The minimum absolute atomic E-state index is 0.115. The van der Waals surface area contributed by atoms with Crippen molar-refractivity contribution < 1.29 is 13.2 Å². The van der Waals surface area contributed by atoms with E-state index in [0.717, 1.165) is 11.1 Å². The zero-order chi connectivity index (χ0) is 22.0. The van der Waals surface area contributed by atoms with Crippen LogP contribution in [0.15, 0.2) is 58.4 Å². The van der Waals surface area contributed by atoms with Gasteiger partial charge >= 0.3 is 0 Å². The van der Waals surface area contributed by atoms with Crippen molar-refractivity contribution in [1.82, 2.24) is 20.7 Å². The van der Waals surface area contributed by atoms with Crippen LogP contribution in [-0.2, 0) is 16.4 Å². The van der Waals surface area contributed by atoms with Gasteiger partial charge in [-0.1, -0.05) is 29.8 Å². The molecule has 0 aliphatic heterocycles. The molecule has 9 heteroatoms. The Bertz CT molecular complexity index is 972. The van der Waals surface area contributed by atoms with Gasteiger partial charge in [0, 0.05) is 39.3 Å². The Morgan fingerprint density at radius 2 is 1.70 bits per heavy atom. The highest BCUT2D eigenvalue weighted by molar-refractivity contribution is 7.89. The number of benzene rings is 2. The standard InChI is InChI=1S/C21H29N5O3S/c1-16-7-9-19(10-8-16)30(28,29)26-14-13-25-21(23-3)24-12-11-17-5-4-6-18(15-17)20(27)22-2/h4-10,15,26H,11-14H2,1-3H3,(H,22,27)(H2,23,24,25). The van der Waals surface area contributed by atoms with Crippen LogP contribution in [0.1, 0.15) is 21.5 Å². The first kappa shape index (κ1) is 23.4. The number of guanidine groups is 1. The van der Waals surface area contributed by atoms with Gasteiger partial charge in [-0.3, -0.25) is 9.79 Å². The van der Waals surface area contributed by atoms with Crippen molar-refractivity contribution in [3.05, 3.63) is 65.2 Å². The molecular formula is C21H29N5O3S. The number of hydrogen-bond acceptors (Lipinski definition) is 4. The number of rotatable bonds is 9. The second-order valence-corrected chi connectivity index (χ2v) is 8.43. The van der Waals surface area contributed by atoms with Gasteiger partial charge in [-0.05, 0) is 43.2 Å². The highest BCUT2D eigenvalue weighted by atomic mass is 32.2. The fourth-order valence-corrected chi connectivity index (χ4v) is 3.76. The van der Waals surface area contributed by atoms with E-state index in [1.807, 2.05) is 25.1 Å². The summed E-state index contributed by atoms with van der Waals surface area (Å²) in [7, 11) is -0.276. The Hall–Kier alpha value is -2.91. The molecule has 8 nitrogen and oxygen atoms in total. The maximum Gasteiger partial charge on any atom is 0.251 e. The maximum absolute atomic E-state index is 12.3. The van der Waals surface area contributed by atoms with Crippen LogP contribution in [0.2, 0.25) is 0 Å². The van der Waals surface area contributed by atoms with E-state index in [9.17, 15) is 13.2 Å². The monoisotopic (exact) mass is 431 g/mol. The number of carbonyl (C=O) groups excluding carboxylic acids is 1. The smallest absolute Gasteiger partial charge is 0.251 e. The fourth-order valence-electron chi connectivity index (χ4n) is 2.73. The molecule has 0 fully saturated rings. The van der Waals surface area contributed by atoms with Crippen LogP contribution in [0.4, 0.5) is 0 Å². The van der Waals surface area contributed by atoms with E-state index >= 15 is 0 Å². The molecule has 0 unspecified atom stereocenters. The van der Waals surface area contributed by atoms with Crippen molar-refractivity contribution in [3.63, 3.8) is 0 Å². The molecule has 0 saturated heterocycles. The molecule has 0 atom stereocenters. The molecule has 0 heterocycles. The molecule has 0 saturated carbocycles. The van der Waals surface area contributed by atoms with Gasteiger partial charge in [0.2, 0.25) is 10.0 Å². The Kier molecular flexibility index (Phi) is 8.82. The van der Waals surface area contributed by atoms with Gasteiger partial charge in [-0.25, -0.2) is 13.1 Å². The number of carbonyl (C=O) groups is 1. The second kappa shape index (κ2) is 11.3. The van der Waals surface area contributed by atoms with E-state index in [2.05, 4.69) is 25.7 Å². The van der Waals surface area contributed by atoms with E-state index < -0.39 is 10.0 Å². The predicted octanol–water partition coefficient (Wildman–Crippen LogP) is 1.04. The van der Waals surface area contributed by atoms with Gasteiger partial charge < -0.3 is 16.0 Å². The number of aryl methyl sites for hydroxylation is 1. The Balaban J connectivity index is 1.75. The minimum atomic E-state index is -3.53. The topological polar surface area (TPSA) is 112 Å². The lowest BCUT2D eigenvalue weighted by Gasteiger charge is -2.13. The van der Waals surface area contributed by atoms with Gasteiger partial charge in [-0.15, -0.1) is 0 Å². The number of nitrogens with zero attached hydrogens (tertiary/aromatic N) is 1. The highest BCUT2D eigenvalue weighted by Gasteiger charge is 2.12. The molecule has 0 aromatic heterocycles. The van der Waals surface area contributed by atoms with Crippen LogP contribution >= 0.6 is 0 Å². The van der Waals surface area contributed by atoms with Crippen molar-refractivity contribution in [2.45, 2.75) is 18.2 Å². The van der Waals surface area contributed by atoms with Crippen molar-refractivity contribution in [2.75, 3.05) is 33.7 Å². The predicted molar refractivity (Wildman–Crippen MR) is 119 cm³/mol. The zero-order valence-electron chi connectivity index (χ0n) is 17.5.